The van der Waals surface area contributed by atoms with Gasteiger partial charge in [0.15, 0.2) is 0 Å². The summed E-state index contributed by atoms with van der Waals surface area (Å²) in [5.74, 6) is -0.484. The van der Waals surface area contributed by atoms with Crippen molar-refractivity contribution in [1.82, 2.24) is 4.98 Å². The highest BCUT2D eigenvalue weighted by Gasteiger charge is 2.08. The third kappa shape index (κ3) is 1.74. The minimum atomic E-state index is -0.484. The first-order chi connectivity index (χ1) is 7.22. The highest BCUT2D eigenvalue weighted by atomic mass is 32.1. The van der Waals surface area contributed by atoms with Crippen LogP contribution in [0.3, 0.4) is 0 Å². The average Bonchev–Trinajstić information content (AvgIpc) is 2.64. The van der Waals surface area contributed by atoms with Crippen molar-refractivity contribution in [3.63, 3.8) is 0 Å². The molecule has 0 amide bonds. The molecule has 0 radical (unpaired) electrons. The van der Waals surface area contributed by atoms with Gasteiger partial charge in [-0.1, -0.05) is 6.07 Å². The Hall–Kier alpha value is -1.73. The summed E-state index contributed by atoms with van der Waals surface area (Å²) in [6.07, 6.45) is 0. The van der Waals surface area contributed by atoms with Gasteiger partial charge in [-0.2, -0.15) is 5.26 Å². The lowest BCUT2D eigenvalue weighted by Gasteiger charge is -1.99. The van der Waals surface area contributed by atoms with Crippen LogP contribution in [0.2, 0.25) is 0 Å². The number of aromatic nitrogens is 1. The first-order valence-corrected chi connectivity index (χ1v) is 5.20. The Labute approximate surface area is 90.6 Å². The second-order valence-electron chi connectivity index (χ2n) is 3.07. The second kappa shape index (κ2) is 3.79. The number of rotatable bonds is 1. The van der Waals surface area contributed by atoms with Crippen molar-refractivity contribution in [2.24, 2.45) is 0 Å². The van der Waals surface area contributed by atoms with E-state index in [0.29, 0.717) is 0 Å². The van der Waals surface area contributed by atoms with Crippen molar-refractivity contribution in [2.75, 3.05) is 0 Å². The van der Waals surface area contributed by atoms with Crippen molar-refractivity contribution >= 4 is 11.3 Å². The Kier molecular flexibility index (Phi) is 2.48. The molecule has 74 valence electrons. The lowest BCUT2D eigenvalue weighted by atomic mass is 10.1. The van der Waals surface area contributed by atoms with E-state index in [1.165, 1.54) is 23.5 Å². The molecule has 0 spiro atoms. The van der Waals surface area contributed by atoms with Crippen LogP contribution >= 0.6 is 11.3 Å². The second-order valence-corrected chi connectivity index (χ2v) is 3.93. The number of aryl methyl sites for hydroxylation is 1. The van der Waals surface area contributed by atoms with E-state index in [4.69, 9.17) is 5.26 Å². The largest absolute Gasteiger partial charge is 0.249 e. The molecular weight excluding hydrogens is 211 g/mol. The minimum Gasteiger partial charge on any atom is -0.249 e. The molecule has 1 heterocycles. The van der Waals surface area contributed by atoms with Crippen molar-refractivity contribution < 1.29 is 4.39 Å². The van der Waals surface area contributed by atoms with Gasteiger partial charge in [-0.3, -0.25) is 0 Å². The maximum atomic E-state index is 13.3. The molecule has 0 unspecified atom stereocenters. The number of hydrogen-bond donors (Lipinski definition) is 0. The summed E-state index contributed by atoms with van der Waals surface area (Å²) in [5.41, 5.74) is 3.44. The summed E-state index contributed by atoms with van der Waals surface area (Å²) in [6, 6.07) is 6.40. The molecule has 4 heteroatoms. The van der Waals surface area contributed by atoms with Gasteiger partial charge in [0.1, 0.15) is 11.9 Å². The molecule has 0 aliphatic heterocycles. The topological polar surface area (TPSA) is 36.7 Å². The van der Waals surface area contributed by atoms with Crippen molar-refractivity contribution in [3.05, 3.63) is 40.8 Å². The van der Waals surface area contributed by atoms with Gasteiger partial charge < -0.3 is 0 Å². The Morgan fingerprint density at radius 3 is 2.80 bits per heavy atom. The average molecular weight is 218 g/mol. The molecule has 0 aliphatic rings. The van der Waals surface area contributed by atoms with E-state index >= 15 is 0 Å². The zero-order chi connectivity index (χ0) is 10.8. The van der Waals surface area contributed by atoms with Crippen LogP contribution in [-0.4, -0.2) is 4.98 Å². The van der Waals surface area contributed by atoms with Crippen LogP contribution in [0.5, 0.6) is 0 Å². The molecular formula is C11H7FN2S. The smallest absolute Gasteiger partial charge is 0.141 e. The van der Waals surface area contributed by atoms with E-state index in [1.807, 2.05) is 6.92 Å². The van der Waals surface area contributed by atoms with Gasteiger partial charge in [0.05, 0.1) is 21.6 Å². The van der Waals surface area contributed by atoms with E-state index < -0.39 is 5.82 Å². The molecule has 2 aromatic rings. The van der Waals surface area contributed by atoms with Crippen LogP contribution in [0.25, 0.3) is 10.4 Å². The molecule has 0 saturated carbocycles. The standard InChI is InChI=1S/C11H7FN2S/c1-7-11(15-6-14-7)8-2-3-9(5-13)10(12)4-8/h2-4,6H,1H3. The first-order valence-electron chi connectivity index (χ1n) is 4.32. The lowest BCUT2D eigenvalue weighted by Crippen LogP contribution is -1.85. The summed E-state index contributed by atoms with van der Waals surface area (Å²) in [5, 5.41) is 8.59. The zero-order valence-corrected chi connectivity index (χ0v) is 8.81. The summed E-state index contributed by atoms with van der Waals surface area (Å²) in [4.78, 5) is 5.04. The third-order valence-corrected chi connectivity index (χ3v) is 3.07. The maximum Gasteiger partial charge on any atom is 0.141 e. The van der Waals surface area contributed by atoms with Crippen LogP contribution in [0.4, 0.5) is 4.39 Å². The minimum absolute atomic E-state index is 0.0703. The third-order valence-electron chi connectivity index (χ3n) is 2.10. The molecule has 1 aromatic heterocycles. The Balaban J connectivity index is 2.53. The normalized spacial score (nSPS) is 9.93. The number of benzene rings is 1. The van der Waals surface area contributed by atoms with E-state index in [9.17, 15) is 4.39 Å². The molecule has 0 N–H and O–H groups in total. The number of nitriles is 1. The van der Waals surface area contributed by atoms with E-state index in [2.05, 4.69) is 4.98 Å². The first kappa shape index (κ1) is 9.81. The molecule has 2 rings (SSSR count). The fourth-order valence-electron chi connectivity index (χ4n) is 1.33. The zero-order valence-electron chi connectivity index (χ0n) is 7.99. The van der Waals surface area contributed by atoms with E-state index in [1.54, 1.807) is 17.6 Å². The number of thiazole rings is 1. The van der Waals surface area contributed by atoms with Crippen LogP contribution in [0, 0.1) is 24.1 Å². The quantitative estimate of drug-likeness (QED) is 0.737. The number of hydrogen-bond acceptors (Lipinski definition) is 3. The number of halogens is 1. The van der Waals surface area contributed by atoms with Gasteiger partial charge in [0.2, 0.25) is 0 Å². The Morgan fingerprint density at radius 1 is 1.47 bits per heavy atom. The molecule has 1 aromatic carbocycles. The molecule has 0 atom stereocenters. The molecule has 0 aliphatic carbocycles. The van der Waals surface area contributed by atoms with Crippen LogP contribution in [0.1, 0.15) is 11.3 Å². The van der Waals surface area contributed by atoms with Crippen LogP contribution < -0.4 is 0 Å². The highest BCUT2D eigenvalue weighted by molar-refractivity contribution is 7.13. The van der Waals surface area contributed by atoms with Gasteiger partial charge >= 0.3 is 0 Å². The fourth-order valence-corrected chi connectivity index (χ4v) is 2.13. The van der Waals surface area contributed by atoms with Gasteiger partial charge in [0, 0.05) is 0 Å². The highest BCUT2D eigenvalue weighted by Crippen LogP contribution is 2.28. The van der Waals surface area contributed by atoms with Gasteiger partial charge in [-0.15, -0.1) is 11.3 Å². The predicted molar refractivity (Wildman–Crippen MR) is 57.0 cm³/mol. The van der Waals surface area contributed by atoms with E-state index in [-0.39, 0.29) is 5.56 Å². The van der Waals surface area contributed by atoms with Crippen molar-refractivity contribution in [1.29, 1.82) is 5.26 Å². The monoisotopic (exact) mass is 218 g/mol. The summed E-state index contributed by atoms with van der Waals surface area (Å²) < 4.78 is 13.3. The van der Waals surface area contributed by atoms with Crippen molar-refractivity contribution in [2.45, 2.75) is 6.92 Å². The molecule has 0 saturated heterocycles. The van der Waals surface area contributed by atoms with Crippen molar-refractivity contribution in [3.8, 4) is 16.5 Å². The predicted octanol–water partition coefficient (Wildman–Crippen LogP) is 3.13. The lowest BCUT2D eigenvalue weighted by molar-refractivity contribution is 0.624. The van der Waals surface area contributed by atoms with Crippen LogP contribution in [0.15, 0.2) is 23.7 Å². The fraction of sp³-hybridized carbons (Fsp3) is 0.0909. The maximum absolute atomic E-state index is 13.3. The molecule has 2 nitrogen and oxygen atoms in total. The van der Waals surface area contributed by atoms with Gasteiger partial charge in [0.25, 0.3) is 0 Å². The van der Waals surface area contributed by atoms with Gasteiger partial charge in [-0.25, -0.2) is 9.37 Å². The van der Waals surface area contributed by atoms with Gasteiger partial charge in [-0.05, 0) is 24.6 Å². The molecule has 0 fully saturated rings. The Morgan fingerprint density at radius 2 is 2.27 bits per heavy atom. The summed E-state index contributed by atoms with van der Waals surface area (Å²) in [7, 11) is 0. The number of nitrogens with zero attached hydrogens (tertiary/aromatic N) is 2. The Bertz CT molecular complexity index is 540. The molecule has 0 bridgehead atoms. The molecule has 15 heavy (non-hydrogen) atoms. The van der Waals surface area contributed by atoms with Crippen LogP contribution in [-0.2, 0) is 0 Å². The summed E-state index contributed by atoms with van der Waals surface area (Å²) in [6.45, 7) is 1.88. The SMILES string of the molecule is Cc1ncsc1-c1ccc(C#N)c(F)c1. The summed E-state index contributed by atoms with van der Waals surface area (Å²) >= 11 is 1.46. The van der Waals surface area contributed by atoms with E-state index in [0.717, 1.165) is 16.1 Å².